The van der Waals surface area contributed by atoms with E-state index in [1.807, 2.05) is 54.4 Å². The number of hydrogen-bond acceptors (Lipinski definition) is 7. The zero-order valence-electron chi connectivity index (χ0n) is 16.9. The van der Waals surface area contributed by atoms with E-state index in [0.717, 1.165) is 36.2 Å². The van der Waals surface area contributed by atoms with E-state index in [0.29, 0.717) is 17.5 Å². The molecule has 0 N–H and O–H groups in total. The van der Waals surface area contributed by atoms with Gasteiger partial charge >= 0.3 is 0 Å². The summed E-state index contributed by atoms with van der Waals surface area (Å²) in [7, 11) is 3.84. The number of carbonyl (C=O) groups excluding carboxylic acids is 1. The molecule has 0 bridgehead atoms. The SMILES string of the molecule is CN(C)c1ncc(-c2ccc(Cl)cc2)c([C@@H]2CCCN(C(=O)Cn3cnnn3)C2)n1. The number of benzene rings is 1. The molecule has 1 saturated heterocycles. The maximum Gasteiger partial charge on any atom is 0.244 e. The smallest absolute Gasteiger partial charge is 0.244 e. The van der Waals surface area contributed by atoms with E-state index in [1.54, 1.807) is 0 Å². The first-order valence-corrected chi connectivity index (χ1v) is 10.2. The van der Waals surface area contributed by atoms with Crippen molar-refractivity contribution in [1.82, 2.24) is 35.1 Å². The largest absolute Gasteiger partial charge is 0.347 e. The lowest BCUT2D eigenvalue weighted by atomic mass is 9.90. The summed E-state index contributed by atoms with van der Waals surface area (Å²) in [5.74, 6) is 0.769. The molecule has 9 nitrogen and oxygen atoms in total. The molecule has 3 heterocycles. The summed E-state index contributed by atoms with van der Waals surface area (Å²) in [5.41, 5.74) is 2.94. The third kappa shape index (κ3) is 4.40. The fourth-order valence-corrected chi connectivity index (χ4v) is 3.81. The Morgan fingerprint density at radius 3 is 2.77 bits per heavy atom. The van der Waals surface area contributed by atoms with Gasteiger partial charge < -0.3 is 9.80 Å². The van der Waals surface area contributed by atoms with Crippen LogP contribution in [0.4, 0.5) is 5.95 Å². The highest BCUT2D eigenvalue weighted by Gasteiger charge is 2.28. The van der Waals surface area contributed by atoms with Gasteiger partial charge in [0, 0.05) is 49.9 Å². The minimum atomic E-state index is 0.00179. The predicted octanol–water partition coefficient (Wildman–Crippen LogP) is 2.26. The molecule has 0 saturated carbocycles. The van der Waals surface area contributed by atoms with Gasteiger partial charge in [-0.2, -0.15) is 0 Å². The predicted molar refractivity (Wildman–Crippen MR) is 113 cm³/mol. The van der Waals surface area contributed by atoms with Gasteiger partial charge in [-0.15, -0.1) is 5.10 Å². The fraction of sp³-hybridized carbons (Fsp3) is 0.400. The van der Waals surface area contributed by atoms with E-state index < -0.39 is 0 Å². The average Bonchev–Trinajstić information content (AvgIpc) is 3.27. The first kappa shape index (κ1) is 20.2. The van der Waals surface area contributed by atoms with Gasteiger partial charge in [0.15, 0.2) is 0 Å². The number of tetrazole rings is 1. The Kier molecular flexibility index (Phi) is 5.89. The highest BCUT2D eigenvalue weighted by Crippen LogP contribution is 2.34. The molecular formula is C20H23ClN8O. The highest BCUT2D eigenvalue weighted by molar-refractivity contribution is 6.30. The van der Waals surface area contributed by atoms with Crippen LogP contribution in [-0.2, 0) is 11.3 Å². The zero-order chi connectivity index (χ0) is 21.1. The van der Waals surface area contributed by atoms with Crippen LogP contribution in [0.2, 0.25) is 5.02 Å². The second-order valence-corrected chi connectivity index (χ2v) is 7.99. The van der Waals surface area contributed by atoms with E-state index in [4.69, 9.17) is 16.6 Å². The first-order chi connectivity index (χ1) is 14.5. The van der Waals surface area contributed by atoms with E-state index in [2.05, 4.69) is 20.5 Å². The van der Waals surface area contributed by atoms with E-state index in [-0.39, 0.29) is 18.4 Å². The molecule has 2 aromatic heterocycles. The molecule has 0 radical (unpaired) electrons. The lowest BCUT2D eigenvalue weighted by Gasteiger charge is -2.33. The molecule has 0 aliphatic carbocycles. The molecule has 1 amide bonds. The maximum atomic E-state index is 12.8. The van der Waals surface area contributed by atoms with Crippen molar-refractivity contribution in [3.8, 4) is 11.1 Å². The number of nitrogens with zero attached hydrogens (tertiary/aromatic N) is 8. The lowest BCUT2D eigenvalue weighted by molar-refractivity contribution is -0.133. The van der Waals surface area contributed by atoms with Gasteiger partial charge in [0.25, 0.3) is 0 Å². The number of rotatable bonds is 5. The van der Waals surface area contributed by atoms with Crippen LogP contribution < -0.4 is 4.90 Å². The van der Waals surface area contributed by atoms with Crippen LogP contribution in [-0.4, -0.2) is 68.2 Å². The van der Waals surface area contributed by atoms with Crippen LogP contribution in [0.5, 0.6) is 0 Å². The minimum absolute atomic E-state index is 0.00179. The Labute approximate surface area is 179 Å². The van der Waals surface area contributed by atoms with Gasteiger partial charge in [-0.05, 0) is 41.0 Å². The maximum absolute atomic E-state index is 12.8. The Balaban J connectivity index is 1.63. The Morgan fingerprint density at radius 2 is 2.07 bits per heavy atom. The van der Waals surface area contributed by atoms with Crippen molar-refractivity contribution in [2.75, 3.05) is 32.1 Å². The van der Waals surface area contributed by atoms with E-state index in [1.165, 1.54) is 11.0 Å². The van der Waals surface area contributed by atoms with Crippen molar-refractivity contribution < 1.29 is 4.79 Å². The van der Waals surface area contributed by atoms with Crippen LogP contribution in [0, 0.1) is 0 Å². The minimum Gasteiger partial charge on any atom is -0.347 e. The molecule has 4 rings (SSSR count). The van der Waals surface area contributed by atoms with Gasteiger partial charge in [-0.1, -0.05) is 23.7 Å². The first-order valence-electron chi connectivity index (χ1n) is 9.80. The van der Waals surface area contributed by atoms with E-state index in [9.17, 15) is 4.79 Å². The van der Waals surface area contributed by atoms with Crippen LogP contribution >= 0.6 is 11.6 Å². The topological polar surface area (TPSA) is 92.9 Å². The molecule has 1 aliphatic rings. The van der Waals surface area contributed by atoms with Crippen molar-refractivity contribution in [2.45, 2.75) is 25.3 Å². The van der Waals surface area contributed by atoms with Crippen LogP contribution in [0.25, 0.3) is 11.1 Å². The van der Waals surface area contributed by atoms with Crippen molar-refractivity contribution in [2.24, 2.45) is 0 Å². The van der Waals surface area contributed by atoms with Crippen molar-refractivity contribution in [3.63, 3.8) is 0 Å². The number of amides is 1. The normalized spacial score (nSPS) is 16.5. The second-order valence-electron chi connectivity index (χ2n) is 7.56. The van der Waals surface area contributed by atoms with E-state index >= 15 is 0 Å². The third-order valence-electron chi connectivity index (χ3n) is 5.21. The summed E-state index contributed by atoms with van der Waals surface area (Å²) in [6.07, 6.45) is 5.18. The number of hydrogen-bond donors (Lipinski definition) is 0. The molecule has 0 spiro atoms. The number of piperidine rings is 1. The summed E-state index contributed by atoms with van der Waals surface area (Å²) >= 11 is 6.07. The van der Waals surface area contributed by atoms with Gasteiger partial charge in [-0.25, -0.2) is 14.6 Å². The van der Waals surface area contributed by atoms with Gasteiger partial charge in [0.05, 0.1) is 5.69 Å². The molecule has 10 heteroatoms. The molecule has 1 aliphatic heterocycles. The second kappa shape index (κ2) is 8.74. The molecule has 1 aromatic carbocycles. The van der Waals surface area contributed by atoms with Gasteiger partial charge in [0.2, 0.25) is 11.9 Å². The zero-order valence-corrected chi connectivity index (χ0v) is 17.7. The third-order valence-corrected chi connectivity index (χ3v) is 5.46. The summed E-state index contributed by atoms with van der Waals surface area (Å²) in [4.78, 5) is 25.9. The lowest BCUT2D eigenvalue weighted by Crippen LogP contribution is -2.41. The monoisotopic (exact) mass is 426 g/mol. The standard InChI is InChI=1S/C20H23ClN8O/c1-27(2)20-22-10-17(14-5-7-16(21)8-6-14)19(24-20)15-4-3-9-28(11-15)18(30)12-29-13-23-25-26-29/h5-8,10,13,15H,3-4,9,11-12H2,1-2H3/t15-/m1/s1. The number of carbonyl (C=O) groups is 1. The molecule has 30 heavy (non-hydrogen) atoms. The number of aromatic nitrogens is 6. The van der Waals surface area contributed by atoms with Crippen LogP contribution in [0.1, 0.15) is 24.5 Å². The summed E-state index contributed by atoms with van der Waals surface area (Å²) in [5, 5.41) is 11.7. The van der Waals surface area contributed by atoms with Crippen molar-refractivity contribution in [1.29, 1.82) is 0 Å². The number of likely N-dealkylation sites (tertiary alicyclic amines) is 1. The molecule has 156 valence electrons. The average molecular weight is 427 g/mol. The highest BCUT2D eigenvalue weighted by atomic mass is 35.5. The molecule has 1 fully saturated rings. The molecule has 1 atom stereocenters. The Bertz CT molecular complexity index is 1010. The molecule has 3 aromatic rings. The van der Waals surface area contributed by atoms with Crippen molar-refractivity contribution >= 4 is 23.5 Å². The van der Waals surface area contributed by atoms with Crippen LogP contribution in [0.15, 0.2) is 36.8 Å². The summed E-state index contributed by atoms with van der Waals surface area (Å²) in [6.45, 7) is 1.46. The van der Waals surface area contributed by atoms with Gasteiger partial charge in [-0.3, -0.25) is 4.79 Å². The molecule has 0 unspecified atom stereocenters. The van der Waals surface area contributed by atoms with Crippen LogP contribution in [0.3, 0.4) is 0 Å². The summed E-state index contributed by atoms with van der Waals surface area (Å²) < 4.78 is 1.44. The van der Waals surface area contributed by atoms with Crippen molar-refractivity contribution in [3.05, 3.63) is 47.5 Å². The fourth-order valence-electron chi connectivity index (χ4n) is 3.68. The molecular weight excluding hydrogens is 404 g/mol. The van der Waals surface area contributed by atoms with Gasteiger partial charge in [0.1, 0.15) is 12.9 Å². The summed E-state index contributed by atoms with van der Waals surface area (Å²) in [6, 6.07) is 7.68. The number of anilines is 1. The quantitative estimate of drug-likeness (QED) is 0.617. The number of halogens is 1. The Morgan fingerprint density at radius 1 is 1.27 bits per heavy atom. The Hall–Kier alpha value is -3.07.